The number of benzene rings is 1. The van der Waals surface area contributed by atoms with E-state index in [1.165, 1.54) is 31.2 Å². The van der Waals surface area contributed by atoms with Crippen LogP contribution in [0.3, 0.4) is 0 Å². The van der Waals surface area contributed by atoms with E-state index in [2.05, 4.69) is 17.6 Å². The molecule has 19 heavy (non-hydrogen) atoms. The molecule has 102 valence electrons. The van der Waals surface area contributed by atoms with Gasteiger partial charge < -0.3 is 10.6 Å². The van der Waals surface area contributed by atoms with Crippen molar-refractivity contribution < 1.29 is 4.79 Å². The van der Waals surface area contributed by atoms with Gasteiger partial charge in [-0.15, -0.1) is 0 Å². The number of hydrogen-bond acceptors (Lipinski definition) is 2. The summed E-state index contributed by atoms with van der Waals surface area (Å²) < 4.78 is 0. The van der Waals surface area contributed by atoms with Crippen LogP contribution < -0.4 is 10.6 Å². The fourth-order valence-corrected chi connectivity index (χ4v) is 3.48. The standard InChI is InChI=1S/C16H22N2O/c1-11-6-8-12(9-7-11)18-16(19)14-10-17-15-5-3-2-4-13(14)15/h6-9,13-15,17H,2-5,10H2,1H3,(H,18,19). The number of fused-ring (bicyclic) bond motifs is 1. The summed E-state index contributed by atoms with van der Waals surface area (Å²) in [5, 5.41) is 6.59. The number of rotatable bonds is 2. The summed E-state index contributed by atoms with van der Waals surface area (Å²) >= 11 is 0. The molecule has 3 unspecified atom stereocenters. The van der Waals surface area contributed by atoms with Crippen molar-refractivity contribution in [3.05, 3.63) is 29.8 Å². The van der Waals surface area contributed by atoms with Crippen LogP contribution in [0.1, 0.15) is 31.2 Å². The van der Waals surface area contributed by atoms with Crippen molar-refractivity contribution in [3.63, 3.8) is 0 Å². The Bertz CT molecular complexity index is 454. The minimum Gasteiger partial charge on any atom is -0.326 e. The molecule has 1 saturated heterocycles. The quantitative estimate of drug-likeness (QED) is 0.856. The average molecular weight is 258 g/mol. The molecule has 2 aliphatic rings. The second kappa shape index (κ2) is 5.33. The molecule has 0 bridgehead atoms. The minimum atomic E-state index is 0.145. The third kappa shape index (κ3) is 2.66. The lowest BCUT2D eigenvalue weighted by Crippen LogP contribution is -2.33. The van der Waals surface area contributed by atoms with Crippen LogP contribution in [0.5, 0.6) is 0 Å². The van der Waals surface area contributed by atoms with E-state index in [0.29, 0.717) is 12.0 Å². The number of nitrogens with one attached hydrogen (secondary N) is 2. The van der Waals surface area contributed by atoms with Gasteiger partial charge in [0.05, 0.1) is 5.92 Å². The summed E-state index contributed by atoms with van der Waals surface area (Å²) in [6, 6.07) is 8.60. The molecule has 3 atom stereocenters. The molecule has 0 aromatic heterocycles. The fourth-order valence-electron chi connectivity index (χ4n) is 3.48. The highest BCUT2D eigenvalue weighted by Gasteiger charge is 2.40. The summed E-state index contributed by atoms with van der Waals surface area (Å²) in [5.41, 5.74) is 2.13. The van der Waals surface area contributed by atoms with Gasteiger partial charge in [-0.1, -0.05) is 30.5 Å². The van der Waals surface area contributed by atoms with E-state index in [-0.39, 0.29) is 11.8 Å². The average Bonchev–Trinajstić information content (AvgIpc) is 2.85. The Morgan fingerprint density at radius 2 is 1.95 bits per heavy atom. The monoisotopic (exact) mass is 258 g/mol. The SMILES string of the molecule is Cc1ccc(NC(=O)C2CNC3CCCCC32)cc1. The molecule has 3 rings (SSSR count). The van der Waals surface area contributed by atoms with Crippen LogP contribution in [0, 0.1) is 18.8 Å². The lowest BCUT2D eigenvalue weighted by molar-refractivity contribution is -0.120. The molecule has 0 radical (unpaired) electrons. The first kappa shape index (κ1) is 12.7. The molecular weight excluding hydrogens is 236 g/mol. The van der Waals surface area contributed by atoms with Gasteiger partial charge in [0.25, 0.3) is 0 Å². The van der Waals surface area contributed by atoms with E-state index in [0.717, 1.165) is 12.2 Å². The molecule has 3 nitrogen and oxygen atoms in total. The van der Waals surface area contributed by atoms with E-state index in [9.17, 15) is 4.79 Å². The number of carbonyl (C=O) groups is 1. The van der Waals surface area contributed by atoms with Gasteiger partial charge in [0, 0.05) is 18.3 Å². The van der Waals surface area contributed by atoms with Crippen molar-refractivity contribution in [3.8, 4) is 0 Å². The van der Waals surface area contributed by atoms with Crippen molar-refractivity contribution in [2.45, 2.75) is 38.6 Å². The highest BCUT2D eigenvalue weighted by Crippen LogP contribution is 2.35. The lowest BCUT2D eigenvalue weighted by atomic mass is 9.79. The van der Waals surface area contributed by atoms with Gasteiger partial charge in [-0.2, -0.15) is 0 Å². The first-order valence-electron chi connectivity index (χ1n) is 7.35. The number of hydrogen-bond donors (Lipinski definition) is 2. The van der Waals surface area contributed by atoms with Crippen LogP contribution in [0.15, 0.2) is 24.3 Å². The molecule has 0 spiro atoms. The molecule has 1 aliphatic heterocycles. The number of amides is 1. The van der Waals surface area contributed by atoms with Crippen molar-refractivity contribution in [1.29, 1.82) is 0 Å². The molecule has 2 N–H and O–H groups in total. The van der Waals surface area contributed by atoms with Crippen LogP contribution in [0.2, 0.25) is 0 Å². The van der Waals surface area contributed by atoms with Crippen LogP contribution in [-0.4, -0.2) is 18.5 Å². The van der Waals surface area contributed by atoms with Gasteiger partial charge in [0.15, 0.2) is 0 Å². The van der Waals surface area contributed by atoms with E-state index in [1.807, 2.05) is 24.3 Å². The van der Waals surface area contributed by atoms with Crippen LogP contribution >= 0.6 is 0 Å². The van der Waals surface area contributed by atoms with Gasteiger partial charge in [0.2, 0.25) is 5.91 Å². The third-order valence-electron chi connectivity index (χ3n) is 4.59. The maximum atomic E-state index is 12.4. The largest absolute Gasteiger partial charge is 0.326 e. The number of anilines is 1. The predicted octanol–water partition coefficient (Wildman–Crippen LogP) is 2.71. The normalized spacial score (nSPS) is 29.8. The van der Waals surface area contributed by atoms with Crippen molar-refractivity contribution >= 4 is 11.6 Å². The number of aryl methyl sites for hydroxylation is 1. The lowest BCUT2D eigenvalue weighted by Gasteiger charge is -2.27. The maximum absolute atomic E-state index is 12.4. The Labute approximate surface area is 114 Å². The molecule has 1 amide bonds. The first-order chi connectivity index (χ1) is 9.24. The summed E-state index contributed by atoms with van der Waals surface area (Å²) in [7, 11) is 0. The van der Waals surface area contributed by atoms with Crippen LogP contribution in [-0.2, 0) is 4.79 Å². The molecule has 1 aliphatic carbocycles. The minimum absolute atomic E-state index is 0.145. The van der Waals surface area contributed by atoms with E-state index in [1.54, 1.807) is 0 Å². The molecule has 2 fully saturated rings. The highest BCUT2D eigenvalue weighted by molar-refractivity contribution is 5.93. The van der Waals surface area contributed by atoms with Crippen molar-refractivity contribution in [2.75, 3.05) is 11.9 Å². The Kier molecular flexibility index (Phi) is 3.56. The Hall–Kier alpha value is -1.35. The molecule has 1 heterocycles. The summed E-state index contributed by atoms with van der Waals surface area (Å²) in [6.45, 7) is 2.89. The second-order valence-electron chi connectivity index (χ2n) is 5.92. The molecule has 1 aromatic carbocycles. The van der Waals surface area contributed by atoms with Crippen LogP contribution in [0.25, 0.3) is 0 Å². The molecule has 1 aromatic rings. The summed E-state index contributed by atoms with van der Waals surface area (Å²) in [6.07, 6.45) is 5.01. The maximum Gasteiger partial charge on any atom is 0.229 e. The third-order valence-corrected chi connectivity index (χ3v) is 4.59. The van der Waals surface area contributed by atoms with Gasteiger partial charge in [0.1, 0.15) is 0 Å². The summed E-state index contributed by atoms with van der Waals surface area (Å²) in [4.78, 5) is 12.4. The zero-order valence-corrected chi connectivity index (χ0v) is 11.5. The summed E-state index contributed by atoms with van der Waals surface area (Å²) in [5.74, 6) is 0.872. The Morgan fingerprint density at radius 3 is 2.74 bits per heavy atom. The zero-order valence-electron chi connectivity index (χ0n) is 11.5. The van der Waals surface area contributed by atoms with Gasteiger partial charge >= 0.3 is 0 Å². The molecular formula is C16H22N2O. The second-order valence-corrected chi connectivity index (χ2v) is 5.92. The van der Waals surface area contributed by atoms with Gasteiger partial charge in [-0.25, -0.2) is 0 Å². The fraction of sp³-hybridized carbons (Fsp3) is 0.562. The van der Waals surface area contributed by atoms with E-state index >= 15 is 0 Å². The Morgan fingerprint density at radius 1 is 1.21 bits per heavy atom. The smallest absolute Gasteiger partial charge is 0.229 e. The Balaban J connectivity index is 1.65. The van der Waals surface area contributed by atoms with E-state index < -0.39 is 0 Å². The van der Waals surface area contributed by atoms with Crippen molar-refractivity contribution in [2.24, 2.45) is 11.8 Å². The number of carbonyl (C=O) groups excluding carboxylic acids is 1. The van der Waals surface area contributed by atoms with Gasteiger partial charge in [-0.05, 0) is 37.8 Å². The van der Waals surface area contributed by atoms with Crippen molar-refractivity contribution in [1.82, 2.24) is 5.32 Å². The molecule has 3 heteroatoms. The van der Waals surface area contributed by atoms with Gasteiger partial charge in [-0.3, -0.25) is 4.79 Å². The first-order valence-corrected chi connectivity index (χ1v) is 7.35. The zero-order chi connectivity index (χ0) is 13.2. The van der Waals surface area contributed by atoms with Crippen LogP contribution in [0.4, 0.5) is 5.69 Å². The topological polar surface area (TPSA) is 41.1 Å². The van der Waals surface area contributed by atoms with E-state index in [4.69, 9.17) is 0 Å². The molecule has 1 saturated carbocycles. The predicted molar refractivity (Wildman–Crippen MR) is 77.0 cm³/mol. The highest BCUT2D eigenvalue weighted by atomic mass is 16.1.